The number of aryl methyl sites for hydroxylation is 1. The summed E-state index contributed by atoms with van der Waals surface area (Å²) in [7, 11) is 0. The van der Waals surface area contributed by atoms with E-state index in [0.29, 0.717) is 25.1 Å². The Bertz CT molecular complexity index is 543. The molecule has 120 valence electrons. The Hall–Kier alpha value is -2.04. The largest absolute Gasteiger partial charge is 0.480 e. The van der Waals surface area contributed by atoms with Gasteiger partial charge in [0, 0.05) is 6.54 Å². The van der Waals surface area contributed by atoms with Gasteiger partial charge in [0.25, 0.3) is 5.91 Å². The highest BCUT2D eigenvalue weighted by Crippen LogP contribution is 2.23. The molecule has 1 amide bonds. The quantitative estimate of drug-likeness (QED) is 0.908. The molecule has 5 nitrogen and oxygen atoms in total. The summed E-state index contributed by atoms with van der Waals surface area (Å²) in [6.07, 6.45) is 2.07. The van der Waals surface area contributed by atoms with E-state index >= 15 is 0 Å². The number of hydrogen-bond acceptors (Lipinski definition) is 3. The lowest BCUT2D eigenvalue weighted by atomic mass is 10.0. The van der Waals surface area contributed by atoms with Gasteiger partial charge < -0.3 is 14.7 Å². The summed E-state index contributed by atoms with van der Waals surface area (Å²) in [5.41, 5.74) is 0.960. The number of rotatable bonds is 5. The maximum Gasteiger partial charge on any atom is 0.326 e. The average Bonchev–Trinajstić information content (AvgIpc) is 2.53. The van der Waals surface area contributed by atoms with E-state index in [1.807, 2.05) is 38.1 Å². The summed E-state index contributed by atoms with van der Waals surface area (Å²) in [6.45, 7) is 4.29. The van der Waals surface area contributed by atoms with Crippen LogP contribution in [-0.4, -0.2) is 40.6 Å². The van der Waals surface area contributed by atoms with Crippen LogP contribution in [0, 0.1) is 6.92 Å². The lowest BCUT2D eigenvalue weighted by Gasteiger charge is -2.35. The molecule has 1 saturated heterocycles. The van der Waals surface area contributed by atoms with Gasteiger partial charge in [0.15, 0.2) is 6.10 Å². The van der Waals surface area contributed by atoms with Crippen LogP contribution in [0.1, 0.15) is 38.2 Å². The van der Waals surface area contributed by atoms with Gasteiger partial charge in [0.1, 0.15) is 11.8 Å². The van der Waals surface area contributed by atoms with Gasteiger partial charge in [0.05, 0.1) is 0 Å². The molecule has 0 saturated carbocycles. The summed E-state index contributed by atoms with van der Waals surface area (Å²) in [5.74, 6) is -0.483. The molecule has 1 N–H and O–H groups in total. The first-order valence-corrected chi connectivity index (χ1v) is 7.80. The molecule has 1 heterocycles. The molecule has 0 radical (unpaired) electrons. The molecule has 22 heavy (non-hydrogen) atoms. The molecular formula is C17H23NO4. The Labute approximate surface area is 130 Å². The summed E-state index contributed by atoms with van der Waals surface area (Å²) < 4.78 is 5.85. The van der Waals surface area contributed by atoms with Crippen molar-refractivity contribution >= 4 is 11.9 Å². The summed E-state index contributed by atoms with van der Waals surface area (Å²) in [6, 6.07) is 6.80. The third-order valence-corrected chi connectivity index (χ3v) is 4.08. The molecule has 1 unspecified atom stereocenters. The molecule has 1 aliphatic heterocycles. The second-order valence-corrected chi connectivity index (χ2v) is 5.66. The van der Waals surface area contributed by atoms with Crippen molar-refractivity contribution in [3.05, 3.63) is 29.8 Å². The van der Waals surface area contributed by atoms with Gasteiger partial charge in [-0.1, -0.05) is 25.1 Å². The molecular weight excluding hydrogens is 282 g/mol. The standard InChI is InChI=1S/C17H23NO4/c1-3-14(22-15-10-5-4-8-12(15)2)16(19)18-11-7-6-9-13(18)17(20)21/h4-5,8,10,13-14H,3,6-7,9,11H2,1-2H3,(H,20,21)/t13-,14?/m1/s1. The molecule has 0 spiro atoms. The number of carboxylic acid groups (broad SMARTS) is 1. The van der Waals surface area contributed by atoms with E-state index < -0.39 is 18.1 Å². The Morgan fingerprint density at radius 3 is 2.73 bits per heavy atom. The number of hydrogen-bond donors (Lipinski definition) is 1. The van der Waals surface area contributed by atoms with Crippen LogP contribution in [0.4, 0.5) is 0 Å². The van der Waals surface area contributed by atoms with E-state index in [4.69, 9.17) is 4.74 Å². The molecule has 1 aliphatic rings. The van der Waals surface area contributed by atoms with Crippen LogP contribution in [0.5, 0.6) is 5.75 Å². The number of aliphatic carboxylic acids is 1. The topological polar surface area (TPSA) is 66.8 Å². The number of carbonyl (C=O) groups is 2. The fourth-order valence-corrected chi connectivity index (χ4v) is 2.79. The van der Waals surface area contributed by atoms with E-state index in [-0.39, 0.29) is 5.91 Å². The van der Waals surface area contributed by atoms with E-state index in [2.05, 4.69) is 0 Å². The van der Waals surface area contributed by atoms with Gasteiger partial charge in [-0.2, -0.15) is 0 Å². The number of para-hydroxylation sites is 1. The first-order chi connectivity index (χ1) is 10.5. The zero-order valence-corrected chi connectivity index (χ0v) is 13.1. The number of carboxylic acids is 1. The summed E-state index contributed by atoms with van der Waals surface area (Å²) in [4.78, 5) is 25.5. The monoisotopic (exact) mass is 305 g/mol. The number of benzene rings is 1. The average molecular weight is 305 g/mol. The predicted molar refractivity (Wildman–Crippen MR) is 82.9 cm³/mol. The molecule has 1 fully saturated rings. The normalized spacial score (nSPS) is 19.5. The minimum Gasteiger partial charge on any atom is -0.480 e. The van der Waals surface area contributed by atoms with Gasteiger partial charge in [-0.05, 0) is 44.2 Å². The zero-order valence-electron chi connectivity index (χ0n) is 13.1. The van der Waals surface area contributed by atoms with Gasteiger partial charge >= 0.3 is 5.97 Å². The predicted octanol–water partition coefficient (Wildman–Crippen LogP) is 2.62. The summed E-state index contributed by atoms with van der Waals surface area (Å²) >= 11 is 0. The van der Waals surface area contributed by atoms with E-state index in [9.17, 15) is 14.7 Å². The van der Waals surface area contributed by atoms with Crippen molar-refractivity contribution in [3.63, 3.8) is 0 Å². The highest BCUT2D eigenvalue weighted by atomic mass is 16.5. The highest BCUT2D eigenvalue weighted by Gasteiger charge is 2.35. The van der Waals surface area contributed by atoms with Crippen LogP contribution in [0.15, 0.2) is 24.3 Å². The lowest BCUT2D eigenvalue weighted by Crippen LogP contribution is -2.52. The fourth-order valence-electron chi connectivity index (χ4n) is 2.79. The van der Waals surface area contributed by atoms with Crippen molar-refractivity contribution in [1.82, 2.24) is 4.90 Å². The first kappa shape index (κ1) is 16.3. The second-order valence-electron chi connectivity index (χ2n) is 5.66. The van der Waals surface area contributed by atoms with Gasteiger partial charge in [-0.25, -0.2) is 4.79 Å². The van der Waals surface area contributed by atoms with Crippen LogP contribution in [0.2, 0.25) is 0 Å². The third-order valence-electron chi connectivity index (χ3n) is 4.08. The minimum absolute atomic E-state index is 0.224. The van der Waals surface area contributed by atoms with Crippen molar-refractivity contribution < 1.29 is 19.4 Å². The van der Waals surface area contributed by atoms with Crippen LogP contribution >= 0.6 is 0 Å². The van der Waals surface area contributed by atoms with Gasteiger partial charge in [0.2, 0.25) is 0 Å². The Morgan fingerprint density at radius 1 is 1.36 bits per heavy atom. The van der Waals surface area contributed by atoms with E-state index in [0.717, 1.165) is 18.4 Å². The van der Waals surface area contributed by atoms with Crippen LogP contribution < -0.4 is 4.74 Å². The third kappa shape index (κ3) is 3.59. The van der Waals surface area contributed by atoms with Crippen molar-refractivity contribution in [1.29, 1.82) is 0 Å². The number of piperidine rings is 1. The molecule has 0 aromatic heterocycles. The molecule has 2 atom stereocenters. The van der Waals surface area contributed by atoms with Crippen molar-refractivity contribution in [2.45, 2.75) is 51.7 Å². The molecule has 0 aliphatic carbocycles. The van der Waals surface area contributed by atoms with Crippen LogP contribution in [0.25, 0.3) is 0 Å². The van der Waals surface area contributed by atoms with Gasteiger partial charge in [-0.3, -0.25) is 4.79 Å². The maximum atomic E-state index is 12.7. The Morgan fingerprint density at radius 2 is 2.09 bits per heavy atom. The first-order valence-electron chi connectivity index (χ1n) is 7.80. The smallest absolute Gasteiger partial charge is 0.326 e. The Balaban J connectivity index is 2.14. The number of nitrogens with zero attached hydrogens (tertiary/aromatic N) is 1. The van der Waals surface area contributed by atoms with Gasteiger partial charge in [-0.15, -0.1) is 0 Å². The fraction of sp³-hybridized carbons (Fsp3) is 0.529. The highest BCUT2D eigenvalue weighted by molar-refractivity contribution is 5.86. The molecule has 0 bridgehead atoms. The molecule has 1 aromatic rings. The van der Waals surface area contributed by atoms with Crippen LogP contribution in [-0.2, 0) is 9.59 Å². The van der Waals surface area contributed by atoms with Crippen molar-refractivity contribution in [3.8, 4) is 5.75 Å². The lowest BCUT2D eigenvalue weighted by molar-refractivity contribution is -0.155. The van der Waals surface area contributed by atoms with Crippen molar-refractivity contribution in [2.24, 2.45) is 0 Å². The number of amides is 1. The van der Waals surface area contributed by atoms with Crippen molar-refractivity contribution in [2.75, 3.05) is 6.54 Å². The maximum absolute atomic E-state index is 12.7. The number of likely N-dealkylation sites (tertiary alicyclic amines) is 1. The molecule has 1 aromatic carbocycles. The molecule has 5 heteroatoms. The van der Waals surface area contributed by atoms with E-state index in [1.54, 1.807) is 0 Å². The zero-order chi connectivity index (χ0) is 16.1. The van der Waals surface area contributed by atoms with E-state index in [1.165, 1.54) is 4.90 Å². The summed E-state index contributed by atoms with van der Waals surface area (Å²) in [5, 5.41) is 9.31. The van der Waals surface area contributed by atoms with Crippen LogP contribution in [0.3, 0.4) is 0 Å². The molecule has 2 rings (SSSR count). The SMILES string of the molecule is CCC(Oc1ccccc1C)C(=O)N1CCCC[C@@H]1C(=O)O. The second kappa shape index (κ2) is 7.29. The Kier molecular flexibility index (Phi) is 5.41. The number of ether oxygens (including phenoxy) is 1. The minimum atomic E-state index is -0.932. The number of carbonyl (C=O) groups excluding carboxylic acids is 1.